The highest BCUT2D eigenvalue weighted by Crippen LogP contribution is 2.23. The maximum atomic E-state index is 11.6. The van der Waals surface area contributed by atoms with Crippen LogP contribution in [0.3, 0.4) is 0 Å². The summed E-state index contributed by atoms with van der Waals surface area (Å²) in [7, 11) is 0. The fourth-order valence-corrected chi connectivity index (χ4v) is 3.29. The first kappa shape index (κ1) is 17.1. The van der Waals surface area contributed by atoms with Crippen LogP contribution in [0.2, 0.25) is 0 Å². The van der Waals surface area contributed by atoms with E-state index in [4.69, 9.17) is 5.11 Å². The molecular weight excluding hydrogens is 318 g/mol. The third-order valence-corrected chi connectivity index (χ3v) is 4.59. The molecule has 3 rings (SSSR count). The summed E-state index contributed by atoms with van der Waals surface area (Å²) in [6.45, 7) is 3.21. The minimum absolute atomic E-state index is 0.124. The number of aromatic carboxylic acids is 1. The van der Waals surface area contributed by atoms with Crippen LogP contribution in [0.25, 0.3) is 11.3 Å². The number of aromatic nitrogens is 2. The summed E-state index contributed by atoms with van der Waals surface area (Å²) in [5, 5.41) is 9.13. The Labute approximate surface area is 146 Å². The van der Waals surface area contributed by atoms with Crippen molar-refractivity contribution in [2.24, 2.45) is 5.92 Å². The molecule has 0 saturated carbocycles. The van der Waals surface area contributed by atoms with Crippen molar-refractivity contribution in [3.63, 3.8) is 0 Å². The van der Waals surface area contributed by atoms with Gasteiger partial charge in [0.15, 0.2) is 0 Å². The van der Waals surface area contributed by atoms with Crippen molar-refractivity contribution >= 4 is 11.9 Å². The van der Waals surface area contributed by atoms with Crippen LogP contribution in [0, 0.1) is 5.92 Å². The summed E-state index contributed by atoms with van der Waals surface area (Å²) in [5.74, 6) is -0.438. The molecule has 1 amide bonds. The van der Waals surface area contributed by atoms with Gasteiger partial charge in [-0.05, 0) is 43.4 Å². The quantitative estimate of drug-likeness (QED) is 0.926. The van der Waals surface area contributed by atoms with Gasteiger partial charge < -0.3 is 10.0 Å². The molecule has 1 atom stereocenters. The van der Waals surface area contributed by atoms with E-state index in [-0.39, 0.29) is 11.5 Å². The van der Waals surface area contributed by atoms with Crippen LogP contribution >= 0.6 is 0 Å². The summed E-state index contributed by atoms with van der Waals surface area (Å²) in [4.78, 5) is 33.2. The molecular formula is C19H21N3O3. The fourth-order valence-electron chi connectivity index (χ4n) is 3.29. The normalized spacial score (nSPS) is 17.3. The molecule has 1 aromatic carbocycles. The van der Waals surface area contributed by atoms with Crippen LogP contribution in [0.5, 0.6) is 0 Å². The monoisotopic (exact) mass is 339 g/mol. The van der Waals surface area contributed by atoms with Crippen molar-refractivity contribution < 1.29 is 14.7 Å². The Bertz CT molecular complexity index is 791. The van der Waals surface area contributed by atoms with E-state index in [2.05, 4.69) is 9.97 Å². The first-order chi connectivity index (χ1) is 12.0. The number of nitrogens with zero attached hydrogens (tertiary/aromatic N) is 3. The Morgan fingerprint density at radius 1 is 1.28 bits per heavy atom. The molecule has 0 radical (unpaired) electrons. The molecule has 0 spiro atoms. The number of likely N-dealkylation sites (tertiary alicyclic amines) is 1. The van der Waals surface area contributed by atoms with Gasteiger partial charge in [-0.2, -0.15) is 0 Å². The highest BCUT2D eigenvalue weighted by atomic mass is 16.4. The number of carbonyl (C=O) groups excluding carboxylic acids is 1. The number of benzene rings is 1. The zero-order valence-corrected chi connectivity index (χ0v) is 14.2. The van der Waals surface area contributed by atoms with Gasteiger partial charge in [-0.25, -0.2) is 14.8 Å². The molecule has 2 heterocycles. The molecule has 6 heteroatoms. The summed E-state index contributed by atoms with van der Waals surface area (Å²) < 4.78 is 0. The van der Waals surface area contributed by atoms with Gasteiger partial charge in [0.25, 0.3) is 0 Å². The third-order valence-electron chi connectivity index (χ3n) is 4.59. The van der Waals surface area contributed by atoms with Crippen LogP contribution in [0.1, 0.15) is 35.8 Å². The Hall–Kier alpha value is -2.76. The van der Waals surface area contributed by atoms with Crippen molar-refractivity contribution in [1.82, 2.24) is 14.9 Å². The highest BCUT2D eigenvalue weighted by molar-refractivity contribution is 5.89. The molecule has 0 unspecified atom stereocenters. The number of carbonyl (C=O) groups is 2. The molecule has 0 aliphatic carbocycles. The lowest BCUT2D eigenvalue weighted by Gasteiger charge is -2.31. The van der Waals surface area contributed by atoms with E-state index in [0.29, 0.717) is 11.6 Å². The maximum Gasteiger partial charge on any atom is 0.335 e. The second-order valence-electron chi connectivity index (χ2n) is 6.46. The summed E-state index contributed by atoms with van der Waals surface area (Å²) in [5.41, 5.74) is 2.63. The van der Waals surface area contributed by atoms with E-state index in [1.54, 1.807) is 25.1 Å². The molecule has 1 aliphatic heterocycles. The second kappa shape index (κ2) is 7.42. The van der Waals surface area contributed by atoms with Crippen molar-refractivity contribution in [1.29, 1.82) is 0 Å². The van der Waals surface area contributed by atoms with E-state index in [1.165, 1.54) is 6.33 Å². The van der Waals surface area contributed by atoms with Crippen molar-refractivity contribution in [2.75, 3.05) is 13.1 Å². The van der Waals surface area contributed by atoms with E-state index in [9.17, 15) is 9.59 Å². The SMILES string of the molecule is CC(=O)N1CCC[C@@H](Cc2cc(-c3cccc(C(=O)O)c3)ncn2)C1. The molecule has 1 aliphatic rings. The van der Waals surface area contributed by atoms with Gasteiger partial charge in [0.2, 0.25) is 5.91 Å². The maximum absolute atomic E-state index is 11.6. The molecule has 130 valence electrons. The van der Waals surface area contributed by atoms with E-state index in [0.717, 1.165) is 43.6 Å². The number of amides is 1. The molecule has 6 nitrogen and oxygen atoms in total. The van der Waals surface area contributed by atoms with E-state index < -0.39 is 5.97 Å². The summed E-state index contributed by atoms with van der Waals surface area (Å²) in [6, 6.07) is 8.65. The topological polar surface area (TPSA) is 83.4 Å². The van der Waals surface area contributed by atoms with Crippen LogP contribution in [0.4, 0.5) is 0 Å². The molecule has 1 fully saturated rings. The number of rotatable bonds is 4. The van der Waals surface area contributed by atoms with Gasteiger partial charge in [-0.15, -0.1) is 0 Å². The molecule has 25 heavy (non-hydrogen) atoms. The average Bonchev–Trinajstić information content (AvgIpc) is 2.62. The average molecular weight is 339 g/mol. The van der Waals surface area contributed by atoms with Crippen LogP contribution in [-0.2, 0) is 11.2 Å². The zero-order chi connectivity index (χ0) is 17.8. The Balaban J connectivity index is 1.77. The van der Waals surface area contributed by atoms with Gasteiger partial charge >= 0.3 is 5.97 Å². The number of carboxylic acid groups (broad SMARTS) is 1. The molecule has 2 aromatic rings. The van der Waals surface area contributed by atoms with Crippen molar-refractivity contribution in [2.45, 2.75) is 26.2 Å². The summed E-state index contributed by atoms with van der Waals surface area (Å²) >= 11 is 0. The van der Waals surface area contributed by atoms with Crippen LogP contribution < -0.4 is 0 Å². The van der Waals surface area contributed by atoms with Gasteiger partial charge in [0.1, 0.15) is 6.33 Å². The van der Waals surface area contributed by atoms with Gasteiger partial charge in [0.05, 0.1) is 11.3 Å². The predicted molar refractivity (Wildman–Crippen MR) is 93.1 cm³/mol. The smallest absolute Gasteiger partial charge is 0.335 e. The van der Waals surface area contributed by atoms with E-state index >= 15 is 0 Å². The first-order valence-electron chi connectivity index (χ1n) is 8.43. The fraction of sp³-hybridized carbons (Fsp3) is 0.368. The van der Waals surface area contributed by atoms with Crippen LogP contribution in [-0.4, -0.2) is 44.9 Å². The molecule has 1 aromatic heterocycles. The standard InChI is InChI=1S/C19H21N3O3/c1-13(23)22-7-3-4-14(11-22)8-17-10-18(21-12-20-17)15-5-2-6-16(9-15)19(24)25/h2,5-6,9-10,12,14H,3-4,7-8,11H2,1H3,(H,24,25)/t14-/m0/s1. The Kier molecular flexibility index (Phi) is 5.07. The minimum Gasteiger partial charge on any atom is -0.478 e. The third kappa shape index (κ3) is 4.21. The lowest BCUT2D eigenvalue weighted by Crippen LogP contribution is -2.39. The number of hydrogen-bond donors (Lipinski definition) is 1. The zero-order valence-electron chi connectivity index (χ0n) is 14.2. The molecule has 0 bridgehead atoms. The van der Waals surface area contributed by atoms with Gasteiger partial charge in [0, 0.05) is 31.3 Å². The number of hydrogen-bond acceptors (Lipinski definition) is 4. The minimum atomic E-state index is -0.956. The highest BCUT2D eigenvalue weighted by Gasteiger charge is 2.22. The number of carboxylic acids is 1. The predicted octanol–water partition coefficient (Wildman–Crippen LogP) is 2.64. The van der Waals surface area contributed by atoms with E-state index in [1.807, 2.05) is 17.0 Å². The summed E-state index contributed by atoms with van der Waals surface area (Å²) in [6.07, 6.45) is 4.40. The largest absolute Gasteiger partial charge is 0.478 e. The number of piperidine rings is 1. The molecule has 1 N–H and O–H groups in total. The lowest BCUT2D eigenvalue weighted by atomic mass is 9.93. The van der Waals surface area contributed by atoms with Crippen molar-refractivity contribution in [3.05, 3.63) is 47.9 Å². The second-order valence-corrected chi connectivity index (χ2v) is 6.46. The van der Waals surface area contributed by atoms with Crippen molar-refractivity contribution in [3.8, 4) is 11.3 Å². The molecule has 1 saturated heterocycles. The van der Waals surface area contributed by atoms with Crippen LogP contribution in [0.15, 0.2) is 36.7 Å². The van der Waals surface area contributed by atoms with Gasteiger partial charge in [-0.1, -0.05) is 12.1 Å². The van der Waals surface area contributed by atoms with Gasteiger partial charge in [-0.3, -0.25) is 4.79 Å². The Morgan fingerprint density at radius 3 is 2.88 bits per heavy atom. The Morgan fingerprint density at radius 2 is 2.12 bits per heavy atom. The lowest BCUT2D eigenvalue weighted by molar-refractivity contribution is -0.130. The first-order valence-corrected chi connectivity index (χ1v) is 8.43.